The number of pyridine rings is 1. The van der Waals surface area contributed by atoms with Crippen molar-refractivity contribution in [3.8, 4) is 0 Å². The molecule has 0 bridgehead atoms. The van der Waals surface area contributed by atoms with Gasteiger partial charge in [0.25, 0.3) is 0 Å². The molecule has 0 N–H and O–H groups in total. The highest BCUT2D eigenvalue weighted by Gasteiger charge is 2.14. The van der Waals surface area contributed by atoms with Crippen LogP contribution in [0.4, 0.5) is 0 Å². The van der Waals surface area contributed by atoms with Crippen molar-refractivity contribution in [2.75, 3.05) is 0 Å². The molecule has 1 nitrogen and oxygen atoms in total. The average molecular weight is 162 g/mol. The fourth-order valence-corrected chi connectivity index (χ4v) is 2.05. The summed E-state index contributed by atoms with van der Waals surface area (Å²) in [7, 11) is 2.16. The molecule has 1 heterocycles. The zero-order chi connectivity index (χ0) is 8.39. The van der Waals surface area contributed by atoms with Crippen LogP contribution in [0.1, 0.15) is 30.5 Å². The van der Waals surface area contributed by atoms with Crippen molar-refractivity contribution in [3.63, 3.8) is 0 Å². The molecule has 12 heavy (non-hydrogen) atoms. The predicted octanol–water partition coefficient (Wildman–Crippen LogP) is 1.78. The van der Waals surface area contributed by atoms with Crippen molar-refractivity contribution in [1.82, 2.24) is 0 Å². The molecule has 0 aromatic carbocycles. The third-order valence-corrected chi connectivity index (χ3v) is 2.76. The summed E-state index contributed by atoms with van der Waals surface area (Å²) in [5.74, 6) is 0. The van der Waals surface area contributed by atoms with E-state index in [0.29, 0.717) is 0 Å². The van der Waals surface area contributed by atoms with Gasteiger partial charge >= 0.3 is 0 Å². The third kappa shape index (κ3) is 1.36. The zero-order valence-corrected chi connectivity index (χ0v) is 7.71. The quantitative estimate of drug-likeness (QED) is 0.404. The molecule has 0 aliphatic heterocycles. The summed E-state index contributed by atoms with van der Waals surface area (Å²) in [5.41, 5.74) is 3.12. The molecule has 64 valence electrons. The van der Waals surface area contributed by atoms with Crippen molar-refractivity contribution < 1.29 is 4.57 Å². The van der Waals surface area contributed by atoms with E-state index in [1.807, 2.05) is 0 Å². The molecule has 0 unspecified atom stereocenters. The number of aryl methyl sites for hydroxylation is 2. The molecule has 0 radical (unpaired) electrons. The molecule has 0 saturated carbocycles. The van der Waals surface area contributed by atoms with E-state index in [1.165, 1.54) is 32.1 Å². The Kier molecular flexibility index (Phi) is 2.11. The summed E-state index contributed by atoms with van der Waals surface area (Å²) in [4.78, 5) is 0. The van der Waals surface area contributed by atoms with E-state index in [0.717, 1.165) is 0 Å². The summed E-state index contributed by atoms with van der Waals surface area (Å²) < 4.78 is 2.28. The topological polar surface area (TPSA) is 3.88 Å². The lowest BCUT2D eigenvalue weighted by Gasteiger charge is -2.01. The van der Waals surface area contributed by atoms with Crippen LogP contribution in [0.2, 0.25) is 0 Å². The molecule has 1 heteroatoms. The normalized spacial score (nSPS) is 16.8. The van der Waals surface area contributed by atoms with Crippen LogP contribution in [0, 0.1) is 0 Å². The molecule has 1 aliphatic rings. The number of hydrogen-bond acceptors (Lipinski definition) is 0. The van der Waals surface area contributed by atoms with E-state index in [2.05, 4.69) is 29.9 Å². The van der Waals surface area contributed by atoms with Gasteiger partial charge in [0.05, 0.1) is 0 Å². The lowest BCUT2D eigenvalue weighted by Crippen LogP contribution is -2.34. The van der Waals surface area contributed by atoms with Gasteiger partial charge in [-0.1, -0.05) is 6.42 Å². The summed E-state index contributed by atoms with van der Waals surface area (Å²) in [5, 5.41) is 0. The second-order valence-electron chi connectivity index (χ2n) is 3.65. The standard InChI is InChI=1S/C11H16N/c1-12-9-5-7-10-6-3-2-4-8-11(10)12/h5,7,9H,2-4,6,8H2,1H3/q+1. The maximum atomic E-state index is 2.28. The molecular weight excluding hydrogens is 146 g/mol. The summed E-state index contributed by atoms with van der Waals surface area (Å²) >= 11 is 0. The Balaban J connectivity index is 2.42. The van der Waals surface area contributed by atoms with Gasteiger partial charge in [0.2, 0.25) is 0 Å². The summed E-state index contributed by atoms with van der Waals surface area (Å²) in [6.45, 7) is 0. The Bertz CT molecular complexity index is 278. The van der Waals surface area contributed by atoms with Crippen LogP contribution in [-0.2, 0) is 19.9 Å². The first-order chi connectivity index (χ1) is 5.88. The second-order valence-corrected chi connectivity index (χ2v) is 3.65. The van der Waals surface area contributed by atoms with E-state index >= 15 is 0 Å². The smallest absolute Gasteiger partial charge is 0.184 e. The third-order valence-electron chi connectivity index (χ3n) is 2.76. The molecule has 0 spiro atoms. The fraction of sp³-hybridized carbons (Fsp3) is 0.545. The molecule has 1 aliphatic carbocycles. The van der Waals surface area contributed by atoms with E-state index in [-0.39, 0.29) is 0 Å². The summed E-state index contributed by atoms with van der Waals surface area (Å²) in [6, 6.07) is 4.44. The van der Waals surface area contributed by atoms with Crippen molar-refractivity contribution in [2.45, 2.75) is 32.1 Å². The van der Waals surface area contributed by atoms with Crippen molar-refractivity contribution in [2.24, 2.45) is 7.05 Å². The van der Waals surface area contributed by atoms with Crippen LogP contribution in [0.5, 0.6) is 0 Å². The summed E-state index contributed by atoms with van der Waals surface area (Å²) in [6.07, 6.45) is 8.84. The van der Waals surface area contributed by atoms with Gasteiger partial charge in [-0.15, -0.1) is 0 Å². The highest BCUT2D eigenvalue weighted by molar-refractivity contribution is 5.16. The second kappa shape index (κ2) is 3.26. The first kappa shape index (κ1) is 7.78. The first-order valence-corrected chi connectivity index (χ1v) is 4.84. The van der Waals surface area contributed by atoms with E-state index < -0.39 is 0 Å². The van der Waals surface area contributed by atoms with Crippen molar-refractivity contribution in [1.29, 1.82) is 0 Å². The lowest BCUT2D eigenvalue weighted by atomic mass is 10.1. The van der Waals surface area contributed by atoms with Gasteiger partial charge in [-0.3, -0.25) is 0 Å². The fourth-order valence-electron chi connectivity index (χ4n) is 2.05. The zero-order valence-electron chi connectivity index (χ0n) is 7.71. The largest absolute Gasteiger partial charge is 0.205 e. The van der Waals surface area contributed by atoms with Gasteiger partial charge in [-0.05, 0) is 25.3 Å². The molecule has 0 amide bonds. The minimum Gasteiger partial charge on any atom is -0.205 e. The van der Waals surface area contributed by atoms with Gasteiger partial charge in [-0.25, -0.2) is 4.57 Å². The van der Waals surface area contributed by atoms with Crippen LogP contribution in [0.15, 0.2) is 18.3 Å². The first-order valence-electron chi connectivity index (χ1n) is 4.84. The minimum absolute atomic E-state index is 1.27. The van der Waals surface area contributed by atoms with Gasteiger partial charge in [0.1, 0.15) is 7.05 Å². The Morgan fingerprint density at radius 2 is 2.00 bits per heavy atom. The number of fused-ring (bicyclic) bond motifs is 1. The van der Waals surface area contributed by atoms with E-state index in [1.54, 1.807) is 11.3 Å². The van der Waals surface area contributed by atoms with Gasteiger partial charge < -0.3 is 0 Å². The van der Waals surface area contributed by atoms with Gasteiger partial charge in [0.15, 0.2) is 11.9 Å². The van der Waals surface area contributed by atoms with Crippen LogP contribution in [-0.4, -0.2) is 0 Å². The highest BCUT2D eigenvalue weighted by atomic mass is 14.9. The molecule has 0 fully saturated rings. The SMILES string of the molecule is C[n+]1cccc2c1CCCCC2. The molecule has 1 aromatic rings. The van der Waals surface area contributed by atoms with Crippen molar-refractivity contribution >= 4 is 0 Å². The number of rotatable bonds is 0. The van der Waals surface area contributed by atoms with Crippen LogP contribution >= 0.6 is 0 Å². The maximum Gasteiger partial charge on any atom is 0.184 e. The lowest BCUT2D eigenvalue weighted by molar-refractivity contribution is -0.679. The highest BCUT2D eigenvalue weighted by Crippen LogP contribution is 2.16. The van der Waals surface area contributed by atoms with Crippen molar-refractivity contribution in [3.05, 3.63) is 29.6 Å². The van der Waals surface area contributed by atoms with Crippen LogP contribution in [0.3, 0.4) is 0 Å². The predicted molar refractivity (Wildman–Crippen MR) is 48.9 cm³/mol. The van der Waals surface area contributed by atoms with Gasteiger partial charge in [-0.2, -0.15) is 0 Å². The van der Waals surface area contributed by atoms with E-state index in [4.69, 9.17) is 0 Å². The Morgan fingerprint density at radius 3 is 2.92 bits per heavy atom. The molecule has 0 saturated heterocycles. The maximum absolute atomic E-state index is 2.28. The average Bonchev–Trinajstić information content (AvgIpc) is 2.30. The minimum atomic E-state index is 1.27. The number of nitrogens with zero attached hydrogens (tertiary/aromatic N) is 1. The monoisotopic (exact) mass is 162 g/mol. The van der Waals surface area contributed by atoms with Crippen LogP contribution in [0.25, 0.3) is 0 Å². The molecule has 2 rings (SSSR count). The Labute approximate surface area is 74.0 Å². The Morgan fingerprint density at radius 1 is 1.17 bits per heavy atom. The molecule has 1 aromatic heterocycles. The molecular formula is C11H16N+. The van der Waals surface area contributed by atoms with E-state index in [9.17, 15) is 0 Å². The van der Waals surface area contributed by atoms with Crippen LogP contribution < -0.4 is 4.57 Å². The number of hydrogen-bond donors (Lipinski definition) is 0. The number of aromatic nitrogens is 1. The Hall–Kier alpha value is -0.850. The molecule has 0 atom stereocenters. The van der Waals surface area contributed by atoms with Gasteiger partial charge in [0, 0.05) is 18.1 Å².